The van der Waals surface area contributed by atoms with E-state index in [4.69, 9.17) is 15.7 Å². The highest BCUT2D eigenvalue weighted by Crippen LogP contribution is 2.06. The van der Waals surface area contributed by atoms with Crippen molar-refractivity contribution in [2.75, 3.05) is 6.61 Å². The molecule has 0 radical (unpaired) electrons. The number of unbranched alkanes of at least 4 members (excludes halogenated alkanes) is 2. The second kappa shape index (κ2) is 7.68. The van der Waals surface area contributed by atoms with Crippen molar-refractivity contribution in [1.82, 2.24) is 0 Å². The van der Waals surface area contributed by atoms with Crippen molar-refractivity contribution in [3.63, 3.8) is 0 Å². The second-order valence-electron chi connectivity index (χ2n) is 3.94. The van der Waals surface area contributed by atoms with E-state index in [9.17, 15) is 0 Å². The Hall–Kier alpha value is -1.55. The molecule has 0 fully saturated rings. The van der Waals surface area contributed by atoms with Crippen LogP contribution < -0.4 is 5.73 Å². The lowest BCUT2D eigenvalue weighted by Crippen LogP contribution is -2.12. The van der Waals surface area contributed by atoms with Gasteiger partial charge in [0.25, 0.3) is 0 Å². The summed E-state index contributed by atoms with van der Waals surface area (Å²) < 4.78 is 5.54. The van der Waals surface area contributed by atoms with Gasteiger partial charge in [-0.15, -0.1) is 0 Å². The lowest BCUT2D eigenvalue weighted by molar-refractivity contribution is 0.117. The van der Waals surface area contributed by atoms with Crippen molar-refractivity contribution in [1.29, 1.82) is 0 Å². The van der Waals surface area contributed by atoms with Crippen LogP contribution in [0.1, 0.15) is 37.3 Å². The van der Waals surface area contributed by atoms with Crippen molar-refractivity contribution in [2.45, 2.75) is 32.8 Å². The molecular weight excluding hydrogens is 216 g/mol. The highest BCUT2D eigenvalue weighted by atomic mass is 16.5. The summed E-state index contributed by atoms with van der Waals surface area (Å²) in [6.45, 7) is 3.59. The quantitative estimate of drug-likeness (QED) is 0.251. The summed E-state index contributed by atoms with van der Waals surface area (Å²) in [5.74, 6) is 0.125. The maximum atomic E-state index is 8.52. The van der Waals surface area contributed by atoms with Gasteiger partial charge in [-0.3, -0.25) is 0 Å². The van der Waals surface area contributed by atoms with Crippen LogP contribution in [0.4, 0.5) is 0 Å². The molecule has 0 aromatic heterocycles. The summed E-state index contributed by atoms with van der Waals surface area (Å²) in [6.07, 6.45) is 3.53. The molecule has 1 rings (SSSR count). The van der Waals surface area contributed by atoms with Gasteiger partial charge in [-0.1, -0.05) is 49.2 Å². The van der Waals surface area contributed by atoms with Crippen LogP contribution in [-0.2, 0) is 11.3 Å². The molecule has 0 atom stereocenters. The summed E-state index contributed by atoms with van der Waals surface area (Å²) in [4.78, 5) is 0. The number of nitrogens with zero attached hydrogens (tertiary/aromatic N) is 1. The molecule has 0 amide bonds. The van der Waals surface area contributed by atoms with Crippen molar-refractivity contribution in [3.05, 3.63) is 35.4 Å². The summed E-state index contributed by atoms with van der Waals surface area (Å²) in [6, 6.07) is 7.49. The molecule has 0 saturated heterocycles. The molecule has 0 unspecified atom stereocenters. The highest BCUT2D eigenvalue weighted by Gasteiger charge is 1.99. The second-order valence-corrected chi connectivity index (χ2v) is 3.94. The normalized spacial score (nSPS) is 11.7. The first kappa shape index (κ1) is 13.5. The summed E-state index contributed by atoms with van der Waals surface area (Å²) in [5.41, 5.74) is 7.27. The predicted molar refractivity (Wildman–Crippen MR) is 68.1 cm³/mol. The molecule has 0 saturated carbocycles. The zero-order valence-corrected chi connectivity index (χ0v) is 10.2. The van der Waals surface area contributed by atoms with E-state index in [1.54, 1.807) is 0 Å². The zero-order valence-electron chi connectivity index (χ0n) is 10.2. The van der Waals surface area contributed by atoms with E-state index in [0.717, 1.165) is 18.6 Å². The van der Waals surface area contributed by atoms with Crippen LogP contribution in [0, 0.1) is 0 Å². The topological polar surface area (TPSA) is 67.8 Å². The number of ether oxygens (including phenoxy) is 1. The third-order valence-electron chi connectivity index (χ3n) is 2.52. The van der Waals surface area contributed by atoms with E-state index in [1.165, 1.54) is 12.8 Å². The first-order valence-electron chi connectivity index (χ1n) is 5.92. The smallest absolute Gasteiger partial charge is 0.170 e. The minimum Gasteiger partial charge on any atom is -0.409 e. The molecule has 0 heterocycles. The Morgan fingerprint density at radius 1 is 1.29 bits per heavy atom. The van der Waals surface area contributed by atoms with Gasteiger partial charge in [-0.25, -0.2) is 0 Å². The van der Waals surface area contributed by atoms with Gasteiger partial charge in [-0.2, -0.15) is 0 Å². The van der Waals surface area contributed by atoms with Crippen molar-refractivity contribution in [3.8, 4) is 0 Å². The van der Waals surface area contributed by atoms with Gasteiger partial charge in [0.15, 0.2) is 5.84 Å². The molecule has 1 aromatic rings. The lowest BCUT2D eigenvalue weighted by Gasteiger charge is -2.05. The molecule has 0 aliphatic rings. The molecule has 0 aliphatic heterocycles. The Morgan fingerprint density at radius 2 is 2.00 bits per heavy atom. The Bertz CT molecular complexity index is 347. The third kappa shape index (κ3) is 4.87. The fraction of sp³-hybridized carbons (Fsp3) is 0.462. The van der Waals surface area contributed by atoms with Gasteiger partial charge < -0.3 is 15.7 Å². The van der Waals surface area contributed by atoms with Gasteiger partial charge in [0.2, 0.25) is 0 Å². The molecule has 4 nitrogen and oxygen atoms in total. The molecular formula is C13H20N2O2. The minimum atomic E-state index is 0.125. The number of nitrogens with two attached hydrogens (primary N) is 1. The van der Waals surface area contributed by atoms with Crippen molar-refractivity contribution in [2.24, 2.45) is 10.9 Å². The van der Waals surface area contributed by atoms with E-state index >= 15 is 0 Å². The summed E-state index contributed by atoms with van der Waals surface area (Å²) >= 11 is 0. The molecule has 3 N–H and O–H groups in total. The maximum absolute atomic E-state index is 8.52. The highest BCUT2D eigenvalue weighted by molar-refractivity contribution is 5.96. The van der Waals surface area contributed by atoms with Crippen LogP contribution in [0.15, 0.2) is 29.4 Å². The third-order valence-corrected chi connectivity index (χ3v) is 2.52. The van der Waals surface area contributed by atoms with E-state index in [1.807, 2.05) is 24.3 Å². The van der Waals surface area contributed by atoms with E-state index < -0.39 is 0 Å². The van der Waals surface area contributed by atoms with Crippen LogP contribution in [0.3, 0.4) is 0 Å². The lowest BCUT2D eigenvalue weighted by atomic mass is 10.1. The van der Waals surface area contributed by atoms with E-state index in [0.29, 0.717) is 12.2 Å². The fourth-order valence-electron chi connectivity index (χ4n) is 1.47. The number of hydrogen-bond acceptors (Lipinski definition) is 3. The van der Waals surface area contributed by atoms with Crippen molar-refractivity contribution >= 4 is 5.84 Å². The zero-order chi connectivity index (χ0) is 12.5. The largest absolute Gasteiger partial charge is 0.409 e. The average molecular weight is 236 g/mol. The van der Waals surface area contributed by atoms with Gasteiger partial charge >= 0.3 is 0 Å². The maximum Gasteiger partial charge on any atom is 0.170 e. The standard InChI is InChI=1S/C13H20N2O2/c1-2-3-4-9-17-10-11-5-7-12(8-6-11)13(14)15-16/h5-8,16H,2-4,9-10H2,1H3,(H2,14,15). The summed E-state index contributed by atoms with van der Waals surface area (Å²) in [5, 5.41) is 11.5. The van der Waals surface area contributed by atoms with Crippen molar-refractivity contribution < 1.29 is 9.94 Å². The number of oxime groups is 1. The Morgan fingerprint density at radius 3 is 2.59 bits per heavy atom. The Balaban J connectivity index is 2.35. The number of benzene rings is 1. The van der Waals surface area contributed by atoms with E-state index in [-0.39, 0.29) is 5.84 Å². The van der Waals surface area contributed by atoms with Crippen LogP contribution >= 0.6 is 0 Å². The number of amidine groups is 1. The minimum absolute atomic E-state index is 0.125. The van der Waals surface area contributed by atoms with Crippen LogP contribution in [-0.4, -0.2) is 17.6 Å². The van der Waals surface area contributed by atoms with Crippen LogP contribution in [0.25, 0.3) is 0 Å². The first-order chi connectivity index (χ1) is 8.27. The molecule has 94 valence electrons. The molecule has 1 aromatic carbocycles. The number of rotatable bonds is 7. The Labute approximate surface area is 102 Å². The van der Waals surface area contributed by atoms with Crippen LogP contribution in [0.2, 0.25) is 0 Å². The molecule has 0 spiro atoms. The van der Waals surface area contributed by atoms with Gasteiger partial charge in [0.05, 0.1) is 6.61 Å². The molecule has 17 heavy (non-hydrogen) atoms. The van der Waals surface area contributed by atoms with Gasteiger partial charge in [0.1, 0.15) is 0 Å². The predicted octanol–water partition coefficient (Wildman–Crippen LogP) is 2.49. The fourth-order valence-corrected chi connectivity index (χ4v) is 1.47. The molecule has 0 bridgehead atoms. The van der Waals surface area contributed by atoms with Crippen LogP contribution in [0.5, 0.6) is 0 Å². The number of hydrogen-bond donors (Lipinski definition) is 2. The molecule has 0 aliphatic carbocycles. The average Bonchev–Trinajstić information content (AvgIpc) is 2.38. The molecule has 4 heteroatoms. The summed E-state index contributed by atoms with van der Waals surface area (Å²) in [7, 11) is 0. The SMILES string of the molecule is CCCCCOCc1ccc(/C(N)=N/O)cc1. The van der Waals surface area contributed by atoms with Gasteiger partial charge in [0, 0.05) is 12.2 Å². The first-order valence-corrected chi connectivity index (χ1v) is 5.92. The Kier molecular flexibility index (Phi) is 6.10. The monoisotopic (exact) mass is 236 g/mol. The van der Waals surface area contributed by atoms with E-state index in [2.05, 4.69) is 12.1 Å². The van der Waals surface area contributed by atoms with Gasteiger partial charge in [-0.05, 0) is 12.0 Å².